The van der Waals surface area contributed by atoms with Crippen molar-refractivity contribution in [2.75, 3.05) is 31.7 Å². The van der Waals surface area contributed by atoms with E-state index in [1.807, 2.05) is 6.26 Å². The van der Waals surface area contributed by atoms with Gasteiger partial charge in [-0.05, 0) is 31.3 Å². The van der Waals surface area contributed by atoms with E-state index in [4.69, 9.17) is 15.9 Å². The fraction of sp³-hybridized carbons (Fsp3) is 0.733. The molecule has 26 heavy (non-hydrogen) atoms. The first-order valence-electron chi connectivity index (χ1n) is 8.27. The van der Waals surface area contributed by atoms with Gasteiger partial charge in [0.2, 0.25) is 17.7 Å². The summed E-state index contributed by atoms with van der Waals surface area (Å²) in [4.78, 5) is 48.6. The third-order valence-corrected chi connectivity index (χ3v) is 4.66. The second kappa shape index (κ2) is 11.0. The van der Waals surface area contributed by atoms with Crippen molar-refractivity contribution in [3.8, 4) is 0 Å². The molecule has 0 aromatic rings. The van der Waals surface area contributed by atoms with Crippen molar-refractivity contribution < 1.29 is 29.4 Å². The number of nitrogens with zero attached hydrogens (tertiary/aromatic N) is 1. The van der Waals surface area contributed by atoms with Crippen molar-refractivity contribution >= 4 is 35.5 Å². The SMILES string of the molecule is CSCCC(NC(=O)CNC(=O)C1CCCN1C(=O)C(N)CO)C(=O)O. The number of aliphatic hydroxyl groups excluding tert-OH is 1. The zero-order valence-corrected chi connectivity index (χ0v) is 15.5. The van der Waals surface area contributed by atoms with Crippen molar-refractivity contribution in [2.24, 2.45) is 5.73 Å². The Balaban J connectivity index is 2.52. The number of likely N-dealkylation sites (tertiary alicyclic amines) is 1. The zero-order chi connectivity index (χ0) is 19.7. The molecule has 0 spiro atoms. The molecule has 1 aliphatic rings. The molecule has 3 amide bonds. The Kier molecular flexibility index (Phi) is 9.38. The molecule has 0 bridgehead atoms. The van der Waals surface area contributed by atoms with Gasteiger partial charge in [-0.15, -0.1) is 0 Å². The molecule has 3 atom stereocenters. The van der Waals surface area contributed by atoms with Crippen LogP contribution in [0.2, 0.25) is 0 Å². The van der Waals surface area contributed by atoms with Crippen LogP contribution >= 0.6 is 11.8 Å². The van der Waals surface area contributed by atoms with E-state index >= 15 is 0 Å². The van der Waals surface area contributed by atoms with Crippen LogP contribution in [0.1, 0.15) is 19.3 Å². The molecule has 10 nitrogen and oxygen atoms in total. The highest BCUT2D eigenvalue weighted by atomic mass is 32.2. The first-order valence-corrected chi connectivity index (χ1v) is 9.67. The van der Waals surface area contributed by atoms with E-state index in [0.29, 0.717) is 25.1 Å². The van der Waals surface area contributed by atoms with Crippen LogP contribution in [0.15, 0.2) is 0 Å². The number of carbonyl (C=O) groups excluding carboxylic acids is 3. The number of aliphatic carboxylic acids is 1. The molecular weight excluding hydrogens is 364 g/mol. The Morgan fingerprint density at radius 1 is 1.35 bits per heavy atom. The highest BCUT2D eigenvalue weighted by Gasteiger charge is 2.36. The minimum Gasteiger partial charge on any atom is -0.480 e. The lowest BCUT2D eigenvalue weighted by molar-refractivity contribution is -0.142. The largest absolute Gasteiger partial charge is 0.480 e. The van der Waals surface area contributed by atoms with E-state index in [1.165, 1.54) is 16.7 Å². The van der Waals surface area contributed by atoms with Crippen LogP contribution in [0.3, 0.4) is 0 Å². The molecule has 0 radical (unpaired) electrons. The van der Waals surface area contributed by atoms with E-state index in [0.717, 1.165) is 0 Å². The van der Waals surface area contributed by atoms with E-state index in [1.54, 1.807) is 0 Å². The number of rotatable bonds is 10. The van der Waals surface area contributed by atoms with E-state index in [2.05, 4.69) is 10.6 Å². The molecule has 0 saturated carbocycles. The summed E-state index contributed by atoms with van der Waals surface area (Å²) in [5, 5.41) is 22.8. The fourth-order valence-corrected chi connectivity index (χ4v) is 3.09. The molecule has 11 heteroatoms. The molecule has 3 unspecified atom stereocenters. The zero-order valence-electron chi connectivity index (χ0n) is 14.6. The van der Waals surface area contributed by atoms with Gasteiger partial charge in [0, 0.05) is 6.54 Å². The van der Waals surface area contributed by atoms with E-state index < -0.39 is 48.4 Å². The maximum atomic E-state index is 12.3. The number of thioether (sulfide) groups is 1. The summed E-state index contributed by atoms with van der Waals surface area (Å²) in [6, 6.07) is -2.85. The van der Waals surface area contributed by atoms with Gasteiger partial charge < -0.3 is 31.5 Å². The van der Waals surface area contributed by atoms with Gasteiger partial charge in [-0.2, -0.15) is 11.8 Å². The second-order valence-electron chi connectivity index (χ2n) is 5.94. The molecule has 0 aromatic heterocycles. The third-order valence-electron chi connectivity index (χ3n) is 4.02. The number of carbonyl (C=O) groups is 4. The van der Waals surface area contributed by atoms with Gasteiger partial charge in [0.05, 0.1) is 13.2 Å². The quantitative estimate of drug-likeness (QED) is 0.279. The number of nitrogens with one attached hydrogen (secondary N) is 2. The summed E-state index contributed by atoms with van der Waals surface area (Å²) in [5.74, 6) is -2.20. The Morgan fingerprint density at radius 3 is 2.62 bits per heavy atom. The van der Waals surface area contributed by atoms with Crippen molar-refractivity contribution in [2.45, 2.75) is 37.4 Å². The number of hydrogen-bond donors (Lipinski definition) is 5. The molecule has 1 aliphatic heterocycles. The van der Waals surface area contributed by atoms with Crippen LogP contribution in [0.5, 0.6) is 0 Å². The first-order chi connectivity index (χ1) is 12.3. The Labute approximate surface area is 155 Å². The number of hydrogen-bond acceptors (Lipinski definition) is 7. The Bertz CT molecular complexity index is 532. The van der Waals surface area contributed by atoms with Crippen molar-refractivity contribution in [3.63, 3.8) is 0 Å². The summed E-state index contributed by atoms with van der Waals surface area (Å²) in [7, 11) is 0. The molecule has 1 fully saturated rings. The fourth-order valence-electron chi connectivity index (χ4n) is 2.62. The first kappa shape index (κ1) is 22.2. The van der Waals surface area contributed by atoms with Crippen LogP contribution in [-0.4, -0.2) is 88.6 Å². The van der Waals surface area contributed by atoms with Gasteiger partial charge in [-0.1, -0.05) is 0 Å². The van der Waals surface area contributed by atoms with Crippen LogP contribution in [-0.2, 0) is 19.2 Å². The summed E-state index contributed by atoms with van der Waals surface area (Å²) in [6.07, 6.45) is 3.16. The van der Waals surface area contributed by atoms with Gasteiger partial charge >= 0.3 is 5.97 Å². The van der Waals surface area contributed by atoms with Crippen LogP contribution in [0.25, 0.3) is 0 Å². The Morgan fingerprint density at radius 2 is 2.04 bits per heavy atom. The van der Waals surface area contributed by atoms with E-state index in [-0.39, 0.29) is 13.0 Å². The van der Waals surface area contributed by atoms with Gasteiger partial charge in [0.25, 0.3) is 0 Å². The van der Waals surface area contributed by atoms with Crippen molar-refractivity contribution in [3.05, 3.63) is 0 Å². The lowest BCUT2D eigenvalue weighted by Crippen LogP contribution is -2.53. The highest BCUT2D eigenvalue weighted by molar-refractivity contribution is 7.98. The summed E-state index contributed by atoms with van der Waals surface area (Å²) >= 11 is 1.47. The lowest BCUT2D eigenvalue weighted by Gasteiger charge is -2.26. The average Bonchev–Trinajstić information content (AvgIpc) is 3.11. The molecule has 6 N–H and O–H groups in total. The van der Waals surface area contributed by atoms with Crippen molar-refractivity contribution in [1.82, 2.24) is 15.5 Å². The van der Waals surface area contributed by atoms with E-state index in [9.17, 15) is 19.2 Å². The van der Waals surface area contributed by atoms with Crippen molar-refractivity contribution in [1.29, 1.82) is 0 Å². The summed E-state index contributed by atoms with van der Waals surface area (Å²) in [6.45, 7) is -0.544. The number of amides is 3. The molecule has 148 valence electrons. The van der Waals surface area contributed by atoms with Crippen LogP contribution in [0.4, 0.5) is 0 Å². The highest BCUT2D eigenvalue weighted by Crippen LogP contribution is 2.18. The Hall–Kier alpha value is -1.85. The van der Waals surface area contributed by atoms with Gasteiger partial charge in [-0.25, -0.2) is 4.79 Å². The minimum atomic E-state index is -1.13. The number of nitrogens with two attached hydrogens (primary N) is 1. The van der Waals surface area contributed by atoms with Gasteiger partial charge in [0.15, 0.2) is 0 Å². The summed E-state index contributed by atoms with van der Waals surface area (Å²) in [5.41, 5.74) is 5.51. The van der Waals surface area contributed by atoms with Gasteiger partial charge in [-0.3, -0.25) is 14.4 Å². The number of carboxylic acid groups (broad SMARTS) is 1. The standard InChI is InChI=1S/C15H26N4O6S/c1-26-6-4-10(15(24)25)18-12(21)7-17-13(22)11-3-2-5-19(11)14(23)9(16)8-20/h9-11,20H,2-8,16H2,1H3,(H,17,22)(H,18,21)(H,24,25). The molecule has 1 saturated heterocycles. The molecule has 1 heterocycles. The van der Waals surface area contributed by atoms with Crippen LogP contribution < -0.4 is 16.4 Å². The number of carboxylic acids is 1. The average molecular weight is 390 g/mol. The maximum Gasteiger partial charge on any atom is 0.326 e. The predicted molar refractivity (Wildman–Crippen MR) is 95.4 cm³/mol. The van der Waals surface area contributed by atoms with Gasteiger partial charge in [0.1, 0.15) is 18.1 Å². The molecule has 0 aliphatic carbocycles. The summed E-state index contributed by atoms with van der Waals surface area (Å²) < 4.78 is 0. The number of aliphatic hydroxyl groups is 1. The molecule has 1 rings (SSSR count). The molecular formula is C15H26N4O6S. The molecule has 0 aromatic carbocycles. The monoisotopic (exact) mass is 390 g/mol. The van der Waals surface area contributed by atoms with Crippen LogP contribution in [0, 0.1) is 0 Å². The normalized spacial score (nSPS) is 18.9. The minimum absolute atomic E-state index is 0.278. The topological polar surface area (TPSA) is 162 Å². The smallest absolute Gasteiger partial charge is 0.326 e. The maximum absolute atomic E-state index is 12.3. The lowest BCUT2D eigenvalue weighted by atomic mass is 10.2. The predicted octanol–water partition coefficient (Wildman–Crippen LogP) is -2.26. The second-order valence-corrected chi connectivity index (χ2v) is 6.92. The third kappa shape index (κ3) is 6.46.